The number of rotatable bonds is 4. The molecule has 130 valence electrons. The van der Waals surface area contributed by atoms with Gasteiger partial charge in [-0.3, -0.25) is 9.79 Å². The number of likely N-dealkylation sites (tertiary alicyclic amines) is 1. The summed E-state index contributed by atoms with van der Waals surface area (Å²) in [5.74, 6) is 0.697. The van der Waals surface area contributed by atoms with E-state index in [9.17, 15) is 4.79 Å². The number of halogens is 1. The van der Waals surface area contributed by atoms with Gasteiger partial charge >= 0.3 is 5.97 Å². The van der Waals surface area contributed by atoms with Gasteiger partial charge in [-0.1, -0.05) is 0 Å². The Balaban J connectivity index is 0.00000264. The Hall–Kier alpha value is -1.25. The first kappa shape index (κ1) is 19.8. The molecule has 1 fully saturated rings. The number of carbonyl (C=O) groups excluding carboxylic acids is 1. The predicted molar refractivity (Wildman–Crippen MR) is 102 cm³/mol. The van der Waals surface area contributed by atoms with Gasteiger partial charge in [0.25, 0.3) is 0 Å². The standard InChI is InChI=1S/C16H26N4O2.HI/c1-4-22-15(21)13-7-5-10-20(12-13)16(17-2)18-11-14-8-6-9-19(14)3;/h6,8-9,13H,4-5,7,10-12H2,1-3H3,(H,17,18);1H/t13-;/m0./s1. The summed E-state index contributed by atoms with van der Waals surface area (Å²) in [5.41, 5.74) is 1.19. The van der Waals surface area contributed by atoms with Crippen molar-refractivity contribution in [2.75, 3.05) is 26.7 Å². The average Bonchev–Trinajstić information content (AvgIpc) is 2.94. The lowest BCUT2D eigenvalue weighted by molar-refractivity contribution is -0.149. The Labute approximate surface area is 155 Å². The fraction of sp³-hybridized carbons (Fsp3) is 0.625. The van der Waals surface area contributed by atoms with Gasteiger partial charge in [0.05, 0.1) is 19.1 Å². The Morgan fingerprint density at radius 1 is 1.52 bits per heavy atom. The zero-order valence-electron chi connectivity index (χ0n) is 14.1. The summed E-state index contributed by atoms with van der Waals surface area (Å²) in [6.45, 7) is 4.60. The van der Waals surface area contributed by atoms with E-state index < -0.39 is 0 Å². The second-order valence-electron chi connectivity index (χ2n) is 5.55. The molecule has 2 heterocycles. The lowest BCUT2D eigenvalue weighted by Crippen LogP contribution is -2.48. The Bertz CT molecular complexity index is 530. The topological polar surface area (TPSA) is 58.9 Å². The highest BCUT2D eigenvalue weighted by molar-refractivity contribution is 14.0. The van der Waals surface area contributed by atoms with Crippen molar-refractivity contribution in [3.05, 3.63) is 24.0 Å². The van der Waals surface area contributed by atoms with Crippen LogP contribution >= 0.6 is 24.0 Å². The molecule has 2 rings (SSSR count). The molecular formula is C16H27IN4O2. The van der Waals surface area contributed by atoms with Gasteiger partial charge < -0.3 is 19.5 Å². The molecule has 6 nitrogen and oxygen atoms in total. The second-order valence-corrected chi connectivity index (χ2v) is 5.55. The number of ether oxygens (including phenoxy) is 1. The number of aliphatic imine (C=N–C) groups is 1. The molecule has 1 aromatic heterocycles. The number of esters is 1. The fourth-order valence-corrected chi connectivity index (χ4v) is 2.80. The zero-order valence-corrected chi connectivity index (χ0v) is 16.4. The van der Waals surface area contributed by atoms with Crippen molar-refractivity contribution in [1.29, 1.82) is 0 Å². The third-order valence-electron chi connectivity index (χ3n) is 4.03. The molecule has 1 N–H and O–H groups in total. The van der Waals surface area contributed by atoms with Crippen LogP contribution in [-0.4, -0.2) is 48.1 Å². The van der Waals surface area contributed by atoms with Crippen molar-refractivity contribution in [3.63, 3.8) is 0 Å². The van der Waals surface area contributed by atoms with Gasteiger partial charge in [-0.05, 0) is 31.9 Å². The zero-order chi connectivity index (χ0) is 15.9. The van der Waals surface area contributed by atoms with Crippen LogP contribution in [0.2, 0.25) is 0 Å². The van der Waals surface area contributed by atoms with Crippen molar-refractivity contribution in [3.8, 4) is 0 Å². The molecule has 1 atom stereocenters. The molecule has 1 saturated heterocycles. The van der Waals surface area contributed by atoms with E-state index in [1.807, 2.05) is 26.2 Å². The number of carbonyl (C=O) groups is 1. The molecule has 0 bridgehead atoms. The van der Waals surface area contributed by atoms with Crippen LogP contribution in [0.5, 0.6) is 0 Å². The summed E-state index contributed by atoms with van der Waals surface area (Å²) in [4.78, 5) is 18.4. The van der Waals surface area contributed by atoms with Crippen molar-refractivity contribution in [2.45, 2.75) is 26.3 Å². The summed E-state index contributed by atoms with van der Waals surface area (Å²) in [6.07, 6.45) is 3.90. The number of hydrogen-bond donors (Lipinski definition) is 1. The van der Waals surface area contributed by atoms with Crippen LogP contribution in [0.3, 0.4) is 0 Å². The number of hydrogen-bond acceptors (Lipinski definition) is 3. The molecule has 0 spiro atoms. The molecule has 0 aromatic carbocycles. The maximum atomic E-state index is 11.9. The minimum atomic E-state index is -0.0925. The van der Waals surface area contributed by atoms with Crippen LogP contribution in [0.15, 0.2) is 23.3 Å². The van der Waals surface area contributed by atoms with Crippen LogP contribution in [0, 0.1) is 5.92 Å². The lowest BCUT2D eigenvalue weighted by Gasteiger charge is -2.34. The smallest absolute Gasteiger partial charge is 0.310 e. The highest BCUT2D eigenvalue weighted by Gasteiger charge is 2.28. The summed E-state index contributed by atoms with van der Waals surface area (Å²) >= 11 is 0. The van der Waals surface area contributed by atoms with Gasteiger partial charge in [0.2, 0.25) is 0 Å². The van der Waals surface area contributed by atoms with Gasteiger partial charge in [0, 0.05) is 39.1 Å². The van der Waals surface area contributed by atoms with E-state index in [0.29, 0.717) is 13.2 Å². The third kappa shape index (κ3) is 5.40. The van der Waals surface area contributed by atoms with E-state index >= 15 is 0 Å². The fourth-order valence-electron chi connectivity index (χ4n) is 2.80. The minimum absolute atomic E-state index is 0. The van der Waals surface area contributed by atoms with E-state index in [-0.39, 0.29) is 35.9 Å². The molecule has 1 aromatic rings. The first-order valence-corrected chi connectivity index (χ1v) is 7.88. The highest BCUT2D eigenvalue weighted by Crippen LogP contribution is 2.18. The molecule has 0 aliphatic carbocycles. The van der Waals surface area contributed by atoms with E-state index in [1.165, 1.54) is 5.69 Å². The van der Waals surface area contributed by atoms with Crippen molar-refractivity contribution in [1.82, 2.24) is 14.8 Å². The van der Waals surface area contributed by atoms with Crippen LogP contribution in [0.1, 0.15) is 25.5 Å². The van der Waals surface area contributed by atoms with E-state index in [4.69, 9.17) is 4.74 Å². The van der Waals surface area contributed by atoms with Crippen molar-refractivity contribution in [2.24, 2.45) is 18.0 Å². The molecular weight excluding hydrogens is 407 g/mol. The van der Waals surface area contributed by atoms with Crippen molar-refractivity contribution >= 4 is 35.9 Å². The first-order chi connectivity index (χ1) is 10.7. The van der Waals surface area contributed by atoms with Gasteiger partial charge in [0.15, 0.2) is 5.96 Å². The number of guanidine groups is 1. The quantitative estimate of drug-likeness (QED) is 0.341. The SMILES string of the molecule is CCOC(=O)[C@H]1CCCN(C(=NC)NCc2cccn2C)C1.I. The predicted octanol–water partition coefficient (Wildman–Crippen LogP) is 1.99. The molecule has 0 saturated carbocycles. The Kier molecular flexibility index (Phi) is 8.43. The molecule has 1 aliphatic heterocycles. The maximum Gasteiger partial charge on any atom is 0.310 e. The summed E-state index contributed by atoms with van der Waals surface area (Å²) < 4.78 is 7.23. The van der Waals surface area contributed by atoms with Gasteiger partial charge in [-0.15, -0.1) is 24.0 Å². The lowest BCUT2D eigenvalue weighted by atomic mass is 9.98. The van der Waals surface area contributed by atoms with Crippen LogP contribution in [-0.2, 0) is 23.1 Å². The van der Waals surface area contributed by atoms with Crippen LogP contribution < -0.4 is 5.32 Å². The van der Waals surface area contributed by atoms with Gasteiger partial charge in [0.1, 0.15) is 0 Å². The number of aryl methyl sites for hydroxylation is 1. The largest absolute Gasteiger partial charge is 0.466 e. The van der Waals surface area contributed by atoms with Crippen LogP contribution in [0.25, 0.3) is 0 Å². The maximum absolute atomic E-state index is 11.9. The highest BCUT2D eigenvalue weighted by atomic mass is 127. The van der Waals surface area contributed by atoms with E-state index in [2.05, 4.69) is 25.8 Å². The average molecular weight is 434 g/mol. The normalized spacial score (nSPS) is 18.3. The van der Waals surface area contributed by atoms with Gasteiger partial charge in [-0.2, -0.15) is 0 Å². The number of aromatic nitrogens is 1. The number of piperidine rings is 1. The summed E-state index contributed by atoms with van der Waals surface area (Å²) in [7, 11) is 3.80. The first-order valence-electron chi connectivity index (χ1n) is 7.88. The number of nitrogens with one attached hydrogen (secondary N) is 1. The van der Waals surface area contributed by atoms with Crippen molar-refractivity contribution < 1.29 is 9.53 Å². The summed E-state index contributed by atoms with van der Waals surface area (Å²) in [6, 6.07) is 4.11. The van der Waals surface area contributed by atoms with E-state index in [1.54, 1.807) is 7.05 Å². The Morgan fingerprint density at radius 2 is 2.30 bits per heavy atom. The van der Waals surface area contributed by atoms with E-state index in [0.717, 1.165) is 31.9 Å². The molecule has 7 heteroatoms. The van der Waals surface area contributed by atoms with Gasteiger partial charge in [-0.25, -0.2) is 0 Å². The molecule has 0 unspecified atom stereocenters. The molecule has 0 amide bonds. The molecule has 1 aliphatic rings. The Morgan fingerprint density at radius 3 is 2.91 bits per heavy atom. The summed E-state index contributed by atoms with van der Waals surface area (Å²) in [5, 5.41) is 3.38. The van der Waals surface area contributed by atoms with Crippen LogP contribution in [0.4, 0.5) is 0 Å². The number of nitrogens with zero attached hydrogens (tertiary/aromatic N) is 3. The molecule has 23 heavy (non-hydrogen) atoms. The monoisotopic (exact) mass is 434 g/mol. The third-order valence-corrected chi connectivity index (χ3v) is 4.03. The molecule has 0 radical (unpaired) electrons. The second kappa shape index (κ2) is 9.79. The minimum Gasteiger partial charge on any atom is -0.466 e.